The first-order chi connectivity index (χ1) is 15.6. The van der Waals surface area contributed by atoms with E-state index in [9.17, 15) is 14.0 Å². The zero-order valence-electron chi connectivity index (χ0n) is 18.0. The summed E-state index contributed by atoms with van der Waals surface area (Å²) in [5.74, 6) is -0.859. The Balaban J connectivity index is 1.31. The maximum absolute atomic E-state index is 14.1. The van der Waals surface area contributed by atoms with E-state index < -0.39 is 11.8 Å². The van der Waals surface area contributed by atoms with Crippen LogP contribution in [0.25, 0.3) is 0 Å². The van der Waals surface area contributed by atoms with Crippen LogP contribution in [0.2, 0.25) is 0 Å². The van der Waals surface area contributed by atoms with Crippen LogP contribution in [0.15, 0.2) is 47.1 Å². The number of amides is 2. The molecule has 2 aromatic rings. The summed E-state index contributed by atoms with van der Waals surface area (Å²) in [5.41, 5.74) is 0.595. The number of piperazine rings is 1. The number of para-hydroxylation sites is 1. The van der Waals surface area contributed by atoms with Gasteiger partial charge in [0, 0.05) is 45.9 Å². The van der Waals surface area contributed by atoms with Crippen molar-refractivity contribution >= 4 is 17.5 Å². The molecule has 172 valence electrons. The Morgan fingerprint density at radius 3 is 2.53 bits per heavy atom. The molecule has 0 spiro atoms. The van der Waals surface area contributed by atoms with E-state index >= 15 is 0 Å². The highest BCUT2D eigenvalue weighted by atomic mass is 19.1. The normalized spacial score (nSPS) is 20.2. The van der Waals surface area contributed by atoms with Crippen LogP contribution in [0.1, 0.15) is 24.6 Å². The Morgan fingerprint density at radius 1 is 1.06 bits per heavy atom. The second-order valence-electron chi connectivity index (χ2n) is 8.06. The number of nitrogens with zero attached hydrogens (tertiary/aromatic N) is 2. The smallest absolute Gasteiger partial charge is 0.309 e. The first-order valence-corrected chi connectivity index (χ1v) is 11.1. The number of carbonyl (C=O) groups is 2. The fraction of sp³-hybridized carbons (Fsp3) is 0.478. The second-order valence-corrected chi connectivity index (χ2v) is 8.06. The molecule has 2 N–H and O–H groups in total. The number of nitrogens with one attached hydrogen (secondary N) is 2. The van der Waals surface area contributed by atoms with Crippen molar-refractivity contribution in [1.82, 2.24) is 15.5 Å². The number of benzene rings is 1. The molecule has 1 aromatic heterocycles. The first-order valence-electron chi connectivity index (χ1n) is 11.1. The number of ether oxygens (including phenoxy) is 1. The van der Waals surface area contributed by atoms with Gasteiger partial charge in [0.15, 0.2) is 0 Å². The molecular formula is C23H29FN4O4. The molecule has 0 unspecified atom stereocenters. The molecule has 0 radical (unpaired) electrons. The average molecular weight is 445 g/mol. The zero-order chi connectivity index (χ0) is 22.3. The van der Waals surface area contributed by atoms with Gasteiger partial charge in [-0.25, -0.2) is 4.39 Å². The molecule has 2 aliphatic heterocycles. The molecule has 4 rings (SSSR count). The van der Waals surface area contributed by atoms with E-state index in [0.29, 0.717) is 50.8 Å². The molecule has 0 bridgehead atoms. The topological polar surface area (TPSA) is 87.0 Å². The van der Waals surface area contributed by atoms with Crippen LogP contribution < -0.4 is 15.5 Å². The molecule has 0 saturated carbocycles. The van der Waals surface area contributed by atoms with Crippen molar-refractivity contribution in [2.24, 2.45) is 0 Å². The summed E-state index contributed by atoms with van der Waals surface area (Å²) < 4.78 is 25.2. The lowest BCUT2D eigenvalue weighted by atomic mass is 10.1. The third kappa shape index (κ3) is 5.46. The third-order valence-corrected chi connectivity index (χ3v) is 6.00. The lowest BCUT2D eigenvalue weighted by Gasteiger charge is -2.39. The number of carbonyl (C=O) groups excluding carboxylic acids is 2. The predicted octanol–water partition coefficient (Wildman–Crippen LogP) is 1.69. The Morgan fingerprint density at radius 2 is 1.84 bits per heavy atom. The average Bonchev–Trinajstić information content (AvgIpc) is 3.53. The summed E-state index contributed by atoms with van der Waals surface area (Å²) in [6.07, 6.45) is 3.44. The molecule has 0 aliphatic carbocycles. The molecule has 1 aromatic carbocycles. The largest absolute Gasteiger partial charge is 0.468 e. The number of furan rings is 1. The Bertz CT molecular complexity index is 893. The molecule has 2 amide bonds. The van der Waals surface area contributed by atoms with Gasteiger partial charge in [-0.2, -0.15) is 0 Å². The monoisotopic (exact) mass is 444 g/mol. The summed E-state index contributed by atoms with van der Waals surface area (Å²) in [5, 5.41) is 5.36. The van der Waals surface area contributed by atoms with Gasteiger partial charge in [-0.3, -0.25) is 14.5 Å². The number of hydrogen-bond acceptors (Lipinski definition) is 6. The van der Waals surface area contributed by atoms with Crippen molar-refractivity contribution in [3.8, 4) is 0 Å². The van der Waals surface area contributed by atoms with Gasteiger partial charge < -0.3 is 24.7 Å². The molecule has 2 saturated heterocycles. The van der Waals surface area contributed by atoms with Gasteiger partial charge in [0.2, 0.25) is 0 Å². The third-order valence-electron chi connectivity index (χ3n) is 6.00. The van der Waals surface area contributed by atoms with Crippen LogP contribution in [-0.2, 0) is 14.3 Å². The summed E-state index contributed by atoms with van der Waals surface area (Å²) in [6.45, 7) is 3.90. The minimum Gasteiger partial charge on any atom is -0.468 e. The summed E-state index contributed by atoms with van der Waals surface area (Å²) >= 11 is 0. The van der Waals surface area contributed by atoms with Gasteiger partial charge in [-0.05, 0) is 37.1 Å². The highest BCUT2D eigenvalue weighted by Gasteiger charge is 2.29. The minimum absolute atomic E-state index is 0.0200. The highest BCUT2D eigenvalue weighted by Crippen LogP contribution is 2.25. The van der Waals surface area contributed by atoms with Gasteiger partial charge in [-0.1, -0.05) is 12.1 Å². The quantitative estimate of drug-likeness (QED) is 0.632. The van der Waals surface area contributed by atoms with Gasteiger partial charge in [0.05, 0.1) is 24.1 Å². The lowest BCUT2D eigenvalue weighted by Crippen LogP contribution is -2.51. The molecule has 9 heteroatoms. The number of hydrogen-bond donors (Lipinski definition) is 2. The van der Waals surface area contributed by atoms with Gasteiger partial charge in [0.1, 0.15) is 11.6 Å². The van der Waals surface area contributed by atoms with E-state index in [1.165, 1.54) is 6.07 Å². The van der Waals surface area contributed by atoms with E-state index in [-0.39, 0.29) is 24.5 Å². The summed E-state index contributed by atoms with van der Waals surface area (Å²) in [6, 6.07) is 10.2. The molecule has 3 heterocycles. The number of halogens is 1. The highest BCUT2D eigenvalue weighted by molar-refractivity contribution is 6.35. The summed E-state index contributed by atoms with van der Waals surface area (Å²) in [7, 11) is 0. The first kappa shape index (κ1) is 22.3. The van der Waals surface area contributed by atoms with E-state index in [2.05, 4.69) is 15.5 Å². The molecule has 2 aliphatic rings. The van der Waals surface area contributed by atoms with Crippen molar-refractivity contribution < 1.29 is 23.1 Å². The maximum Gasteiger partial charge on any atom is 0.309 e. The van der Waals surface area contributed by atoms with Crippen LogP contribution in [0.5, 0.6) is 0 Å². The lowest BCUT2D eigenvalue weighted by molar-refractivity contribution is -0.139. The van der Waals surface area contributed by atoms with Crippen LogP contribution in [0.4, 0.5) is 10.1 Å². The van der Waals surface area contributed by atoms with Crippen LogP contribution in [-0.4, -0.2) is 68.7 Å². The molecule has 8 nitrogen and oxygen atoms in total. The van der Waals surface area contributed by atoms with E-state index in [1.54, 1.807) is 24.5 Å². The Labute approximate surface area is 186 Å². The summed E-state index contributed by atoms with van der Waals surface area (Å²) in [4.78, 5) is 28.7. The van der Waals surface area contributed by atoms with Gasteiger partial charge in [0.25, 0.3) is 0 Å². The van der Waals surface area contributed by atoms with Gasteiger partial charge in [-0.15, -0.1) is 0 Å². The molecule has 32 heavy (non-hydrogen) atoms. The van der Waals surface area contributed by atoms with E-state index in [0.717, 1.165) is 12.8 Å². The number of anilines is 1. The second kappa shape index (κ2) is 10.6. The molecule has 2 atom stereocenters. The van der Waals surface area contributed by atoms with Crippen LogP contribution >= 0.6 is 0 Å². The van der Waals surface area contributed by atoms with Crippen molar-refractivity contribution in [2.45, 2.75) is 25.0 Å². The predicted molar refractivity (Wildman–Crippen MR) is 117 cm³/mol. The van der Waals surface area contributed by atoms with Crippen LogP contribution in [0, 0.1) is 5.82 Å². The van der Waals surface area contributed by atoms with Crippen molar-refractivity contribution in [1.29, 1.82) is 0 Å². The SMILES string of the molecule is O=C(NC[C@@H]1CCCO1)C(=O)NC[C@@H](c1ccco1)N1CCN(c2ccccc2F)CC1. The van der Waals surface area contributed by atoms with Crippen molar-refractivity contribution in [3.63, 3.8) is 0 Å². The van der Waals surface area contributed by atoms with Crippen molar-refractivity contribution in [3.05, 3.63) is 54.2 Å². The van der Waals surface area contributed by atoms with Crippen LogP contribution in [0.3, 0.4) is 0 Å². The van der Waals surface area contributed by atoms with E-state index in [4.69, 9.17) is 9.15 Å². The maximum atomic E-state index is 14.1. The van der Waals surface area contributed by atoms with Gasteiger partial charge >= 0.3 is 11.8 Å². The Hall–Kier alpha value is -2.91. The van der Waals surface area contributed by atoms with Crippen molar-refractivity contribution in [2.75, 3.05) is 50.8 Å². The Kier molecular flexibility index (Phi) is 7.39. The standard InChI is InChI=1S/C23H29FN4O4/c24-18-6-1-2-7-19(18)27-9-11-28(12-10-27)20(21-8-4-14-32-21)16-26-23(30)22(29)25-15-17-5-3-13-31-17/h1-2,4,6-8,14,17,20H,3,5,9-13,15-16H2,(H,25,29)(H,26,30)/t17-,20-/m0/s1. The zero-order valence-corrected chi connectivity index (χ0v) is 18.0. The van der Waals surface area contributed by atoms with E-state index in [1.807, 2.05) is 17.0 Å². The fourth-order valence-electron chi connectivity index (χ4n) is 4.23. The molecule has 2 fully saturated rings. The molecular weight excluding hydrogens is 415 g/mol. The fourth-order valence-corrected chi connectivity index (χ4v) is 4.23. The number of rotatable bonds is 7. The minimum atomic E-state index is -0.676.